The lowest BCUT2D eigenvalue weighted by atomic mass is 10.2. The zero-order chi connectivity index (χ0) is 20.3. The molecule has 0 aliphatic rings. The smallest absolute Gasteiger partial charge is 0.261 e. The van der Waals surface area contributed by atoms with E-state index in [9.17, 15) is 13.2 Å². The van der Waals surface area contributed by atoms with Crippen molar-refractivity contribution < 1.29 is 13.2 Å². The Bertz CT molecular complexity index is 1130. The predicted octanol–water partition coefficient (Wildman–Crippen LogP) is 2.42. The molecular formula is C20H23N3O4S. The van der Waals surface area contributed by atoms with E-state index in [0.717, 1.165) is 0 Å². The molecule has 0 aliphatic carbocycles. The summed E-state index contributed by atoms with van der Waals surface area (Å²) >= 11 is 0. The van der Waals surface area contributed by atoms with Gasteiger partial charge in [0.15, 0.2) is 0 Å². The SMILES string of the molecule is COCCn1c(C(C)N(C)S(=O)(=O)c2ccccc2)nc2ccccc2c1=O. The molecule has 0 saturated carbocycles. The predicted molar refractivity (Wildman–Crippen MR) is 108 cm³/mol. The number of benzene rings is 2. The highest BCUT2D eigenvalue weighted by molar-refractivity contribution is 7.89. The maximum Gasteiger partial charge on any atom is 0.261 e. The van der Waals surface area contributed by atoms with E-state index < -0.39 is 16.1 Å². The van der Waals surface area contributed by atoms with Crippen LogP contribution in [0.1, 0.15) is 18.8 Å². The largest absolute Gasteiger partial charge is 0.383 e. The number of rotatable bonds is 7. The molecule has 8 heteroatoms. The quantitative estimate of drug-likeness (QED) is 0.607. The average molecular weight is 401 g/mol. The highest BCUT2D eigenvalue weighted by Gasteiger charge is 2.29. The van der Waals surface area contributed by atoms with Gasteiger partial charge >= 0.3 is 0 Å². The van der Waals surface area contributed by atoms with E-state index in [4.69, 9.17) is 4.74 Å². The molecular weight excluding hydrogens is 378 g/mol. The van der Waals surface area contributed by atoms with Gasteiger partial charge in [0.05, 0.1) is 35.0 Å². The normalized spacial score (nSPS) is 13.1. The van der Waals surface area contributed by atoms with Gasteiger partial charge in [-0.1, -0.05) is 30.3 Å². The molecule has 1 unspecified atom stereocenters. The van der Waals surface area contributed by atoms with Crippen LogP contribution in [0.25, 0.3) is 10.9 Å². The van der Waals surface area contributed by atoms with Crippen molar-refractivity contribution in [1.29, 1.82) is 0 Å². The Labute approximate surface area is 164 Å². The fourth-order valence-electron chi connectivity index (χ4n) is 3.03. The van der Waals surface area contributed by atoms with Crippen LogP contribution >= 0.6 is 0 Å². The van der Waals surface area contributed by atoms with E-state index in [-0.39, 0.29) is 17.0 Å². The minimum absolute atomic E-state index is 0.191. The van der Waals surface area contributed by atoms with Crippen molar-refractivity contribution in [2.45, 2.75) is 24.4 Å². The molecule has 3 rings (SSSR count). The Morgan fingerprint density at radius 2 is 1.75 bits per heavy atom. The zero-order valence-corrected chi connectivity index (χ0v) is 16.9. The lowest BCUT2D eigenvalue weighted by molar-refractivity contribution is 0.183. The standard InChI is InChI=1S/C20H23N3O4S/c1-15(22(2)28(25,26)16-9-5-4-6-10-16)19-21-18-12-8-7-11-17(18)20(24)23(19)13-14-27-3/h4-12,15H,13-14H2,1-3H3. The summed E-state index contributed by atoms with van der Waals surface area (Å²) in [6, 6.07) is 14.6. The maximum absolute atomic E-state index is 13.0. The van der Waals surface area contributed by atoms with Gasteiger partial charge in [-0.15, -0.1) is 0 Å². The van der Waals surface area contributed by atoms with Gasteiger partial charge in [0.2, 0.25) is 10.0 Å². The Balaban J connectivity index is 2.12. The molecule has 0 bridgehead atoms. The molecule has 0 aliphatic heterocycles. The first kappa shape index (κ1) is 20.2. The Kier molecular flexibility index (Phi) is 5.93. The topological polar surface area (TPSA) is 81.5 Å². The molecule has 28 heavy (non-hydrogen) atoms. The van der Waals surface area contributed by atoms with Crippen LogP contribution in [0, 0.1) is 0 Å². The van der Waals surface area contributed by atoms with Crippen molar-refractivity contribution >= 4 is 20.9 Å². The molecule has 2 aromatic carbocycles. The first-order valence-electron chi connectivity index (χ1n) is 8.89. The number of hydrogen-bond donors (Lipinski definition) is 0. The van der Waals surface area contributed by atoms with Crippen LogP contribution in [0.5, 0.6) is 0 Å². The monoisotopic (exact) mass is 401 g/mol. The van der Waals surface area contributed by atoms with E-state index in [0.29, 0.717) is 23.3 Å². The Hall–Kier alpha value is -2.55. The number of ether oxygens (including phenoxy) is 1. The number of aromatic nitrogens is 2. The van der Waals surface area contributed by atoms with E-state index >= 15 is 0 Å². The average Bonchev–Trinajstić information content (AvgIpc) is 2.72. The zero-order valence-electron chi connectivity index (χ0n) is 16.1. The van der Waals surface area contributed by atoms with Crippen molar-refractivity contribution in [3.63, 3.8) is 0 Å². The van der Waals surface area contributed by atoms with Gasteiger partial charge in [0, 0.05) is 14.2 Å². The first-order valence-corrected chi connectivity index (χ1v) is 10.3. The number of methoxy groups -OCH3 is 1. The number of sulfonamides is 1. The molecule has 1 aromatic heterocycles. The van der Waals surface area contributed by atoms with Gasteiger partial charge in [0.25, 0.3) is 5.56 Å². The van der Waals surface area contributed by atoms with Gasteiger partial charge in [-0.3, -0.25) is 9.36 Å². The maximum atomic E-state index is 13.0. The summed E-state index contributed by atoms with van der Waals surface area (Å²) in [7, 11) is -0.698. The Morgan fingerprint density at radius 3 is 2.43 bits per heavy atom. The van der Waals surface area contributed by atoms with E-state index in [1.54, 1.807) is 68.6 Å². The van der Waals surface area contributed by atoms with Crippen molar-refractivity contribution in [3.8, 4) is 0 Å². The molecule has 1 atom stereocenters. The van der Waals surface area contributed by atoms with E-state index in [1.165, 1.54) is 15.9 Å². The lowest BCUT2D eigenvalue weighted by Gasteiger charge is -2.26. The number of fused-ring (bicyclic) bond motifs is 1. The molecule has 0 radical (unpaired) electrons. The summed E-state index contributed by atoms with van der Waals surface area (Å²) in [6.45, 7) is 2.32. The Morgan fingerprint density at radius 1 is 1.11 bits per heavy atom. The van der Waals surface area contributed by atoms with Gasteiger partial charge < -0.3 is 4.74 Å². The van der Waals surface area contributed by atoms with Gasteiger partial charge in [0.1, 0.15) is 5.82 Å². The second-order valence-corrected chi connectivity index (χ2v) is 8.44. The summed E-state index contributed by atoms with van der Waals surface area (Å²) in [5, 5.41) is 0.489. The highest BCUT2D eigenvalue weighted by atomic mass is 32.2. The second kappa shape index (κ2) is 8.22. The van der Waals surface area contributed by atoms with E-state index in [1.807, 2.05) is 0 Å². The summed E-state index contributed by atoms with van der Waals surface area (Å²) in [6.07, 6.45) is 0. The summed E-state index contributed by atoms with van der Waals surface area (Å²) < 4.78 is 33.9. The fourth-order valence-corrected chi connectivity index (χ4v) is 4.38. The minimum atomic E-state index is -3.74. The van der Waals surface area contributed by atoms with Crippen molar-refractivity contribution in [1.82, 2.24) is 13.9 Å². The highest BCUT2D eigenvalue weighted by Crippen LogP contribution is 2.25. The molecule has 0 amide bonds. The second-order valence-electron chi connectivity index (χ2n) is 6.45. The number of nitrogens with zero attached hydrogens (tertiary/aromatic N) is 3. The lowest BCUT2D eigenvalue weighted by Crippen LogP contribution is -2.36. The molecule has 0 spiro atoms. The van der Waals surface area contributed by atoms with Crippen molar-refractivity contribution in [2.24, 2.45) is 0 Å². The van der Waals surface area contributed by atoms with Gasteiger partial charge in [-0.25, -0.2) is 13.4 Å². The van der Waals surface area contributed by atoms with Crippen LogP contribution < -0.4 is 5.56 Å². The third-order valence-electron chi connectivity index (χ3n) is 4.75. The van der Waals surface area contributed by atoms with Crippen LogP contribution in [-0.4, -0.2) is 43.0 Å². The van der Waals surface area contributed by atoms with Gasteiger partial charge in [-0.2, -0.15) is 4.31 Å². The van der Waals surface area contributed by atoms with Crippen molar-refractivity contribution in [2.75, 3.05) is 20.8 Å². The molecule has 7 nitrogen and oxygen atoms in total. The minimum Gasteiger partial charge on any atom is -0.383 e. The molecule has 0 saturated heterocycles. The summed E-state index contributed by atoms with van der Waals surface area (Å²) in [4.78, 5) is 17.8. The van der Waals surface area contributed by atoms with Crippen LogP contribution in [0.3, 0.4) is 0 Å². The van der Waals surface area contributed by atoms with Crippen LogP contribution in [-0.2, 0) is 21.3 Å². The molecule has 3 aromatic rings. The van der Waals surface area contributed by atoms with Crippen LogP contribution in [0.4, 0.5) is 0 Å². The van der Waals surface area contributed by atoms with Crippen molar-refractivity contribution in [3.05, 3.63) is 70.8 Å². The summed E-state index contributed by atoms with van der Waals surface area (Å²) in [5.74, 6) is 0.378. The van der Waals surface area contributed by atoms with Gasteiger partial charge in [-0.05, 0) is 31.2 Å². The van der Waals surface area contributed by atoms with E-state index in [2.05, 4.69) is 4.98 Å². The number of para-hydroxylation sites is 1. The molecule has 0 N–H and O–H groups in total. The third-order valence-corrected chi connectivity index (χ3v) is 6.69. The first-order chi connectivity index (χ1) is 13.4. The van der Waals surface area contributed by atoms with Crippen LogP contribution in [0.15, 0.2) is 64.3 Å². The fraction of sp³-hybridized carbons (Fsp3) is 0.300. The molecule has 0 fully saturated rings. The number of hydrogen-bond acceptors (Lipinski definition) is 5. The summed E-state index contributed by atoms with van der Waals surface area (Å²) in [5.41, 5.74) is 0.323. The molecule has 148 valence electrons. The molecule has 1 heterocycles. The third kappa shape index (κ3) is 3.71. The van der Waals surface area contributed by atoms with Crippen LogP contribution in [0.2, 0.25) is 0 Å².